The Balaban J connectivity index is 2.03. The SMILES string of the molecule is CCCCCCCCCC(OOC(=O)c1ccccc1OC)OC(=O)OC(CCCCCCCCC)OOC(=O)c1ccccc1OC. The molecule has 2 unspecified atom stereocenters. The zero-order chi connectivity index (χ0) is 34.8. The van der Waals surface area contributed by atoms with Crippen molar-refractivity contribution in [2.24, 2.45) is 0 Å². The van der Waals surface area contributed by atoms with Crippen LogP contribution in [0.1, 0.15) is 137 Å². The minimum Gasteiger partial charge on any atom is -0.496 e. The number of para-hydroxylation sites is 2. The Morgan fingerprint density at radius 3 is 1.25 bits per heavy atom. The average Bonchev–Trinajstić information content (AvgIpc) is 3.11. The van der Waals surface area contributed by atoms with Crippen LogP contribution in [0.4, 0.5) is 4.79 Å². The van der Waals surface area contributed by atoms with Crippen molar-refractivity contribution in [3.63, 3.8) is 0 Å². The van der Waals surface area contributed by atoms with Gasteiger partial charge in [-0.1, -0.05) is 115 Å². The average molecular weight is 675 g/mol. The van der Waals surface area contributed by atoms with Gasteiger partial charge < -0.3 is 18.9 Å². The normalized spacial score (nSPS) is 12.1. The molecule has 2 atom stereocenters. The van der Waals surface area contributed by atoms with Crippen molar-refractivity contribution in [2.45, 2.75) is 129 Å². The molecule has 0 radical (unpaired) electrons. The van der Waals surface area contributed by atoms with Crippen LogP contribution in [0, 0.1) is 0 Å². The van der Waals surface area contributed by atoms with Crippen LogP contribution in [0.2, 0.25) is 0 Å². The number of carbonyl (C=O) groups excluding carboxylic acids is 3. The fraction of sp³-hybridized carbons (Fsp3) is 0.595. The van der Waals surface area contributed by atoms with E-state index in [9.17, 15) is 14.4 Å². The standard InChI is InChI=1S/C37H54O11/c1-5-7-9-11-13-15-17-27-33(45-47-35(38)29-23-19-21-25-31(29)41-3)43-37(40)44-34(28-18-16-14-12-10-8-6-2)46-48-36(39)30-24-20-22-26-32(30)42-4/h19-26,33-34H,5-18,27-28H2,1-4H3. The predicted octanol–water partition coefficient (Wildman–Crippen LogP) is 9.67. The molecule has 0 fully saturated rings. The minimum atomic E-state index is -1.25. The molecule has 0 aliphatic heterocycles. The maximum atomic E-state index is 13.0. The monoisotopic (exact) mass is 674 g/mol. The summed E-state index contributed by atoms with van der Waals surface area (Å²) in [5, 5.41) is 0. The Hall–Kier alpha value is -3.83. The minimum absolute atomic E-state index is 0.150. The van der Waals surface area contributed by atoms with E-state index in [0.717, 1.165) is 64.2 Å². The molecule has 0 amide bonds. The van der Waals surface area contributed by atoms with Gasteiger partial charge in [-0.25, -0.2) is 14.4 Å². The third-order valence-corrected chi connectivity index (χ3v) is 7.66. The topological polar surface area (TPSA) is 125 Å². The zero-order valence-electron chi connectivity index (χ0n) is 29.1. The molecule has 0 heterocycles. The maximum absolute atomic E-state index is 13.0. The first-order valence-electron chi connectivity index (χ1n) is 17.3. The summed E-state index contributed by atoms with van der Waals surface area (Å²) in [6, 6.07) is 13.1. The molecule has 0 saturated heterocycles. The highest BCUT2D eigenvalue weighted by Crippen LogP contribution is 2.22. The first kappa shape index (κ1) is 40.3. The van der Waals surface area contributed by atoms with E-state index < -0.39 is 30.7 Å². The lowest BCUT2D eigenvalue weighted by atomic mass is 10.1. The smallest absolute Gasteiger partial charge is 0.496 e. The number of benzene rings is 2. The van der Waals surface area contributed by atoms with E-state index in [4.69, 9.17) is 38.5 Å². The maximum Gasteiger partial charge on any atom is 0.513 e. The molecule has 0 bridgehead atoms. The van der Waals surface area contributed by atoms with Gasteiger partial charge in [0.2, 0.25) is 12.6 Å². The van der Waals surface area contributed by atoms with Crippen LogP contribution in [-0.2, 0) is 29.0 Å². The number of methoxy groups -OCH3 is 2. The molecule has 11 nitrogen and oxygen atoms in total. The Morgan fingerprint density at radius 2 is 0.875 bits per heavy atom. The number of unbranched alkanes of at least 4 members (excludes halogenated alkanes) is 12. The van der Waals surface area contributed by atoms with Crippen molar-refractivity contribution in [2.75, 3.05) is 14.2 Å². The van der Waals surface area contributed by atoms with E-state index >= 15 is 0 Å². The molecule has 0 aliphatic rings. The Morgan fingerprint density at radius 1 is 0.521 bits per heavy atom. The predicted molar refractivity (Wildman–Crippen MR) is 179 cm³/mol. The summed E-state index contributed by atoms with van der Waals surface area (Å²) in [5.41, 5.74) is 0.301. The van der Waals surface area contributed by atoms with E-state index in [1.807, 2.05) is 0 Å². The fourth-order valence-electron chi connectivity index (χ4n) is 4.94. The van der Waals surface area contributed by atoms with Gasteiger partial charge in [0.1, 0.15) is 22.6 Å². The van der Waals surface area contributed by atoms with Crippen LogP contribution >= 0.6 is 0 Å². The summed E-state index contributed by atoms with van der Waals surface area (Å²) < 4.78 is 21.3. The van der Waals surface area contributed by atoms with Gasteiger partial charge in [0.05, 0.1) is 14.2 Å². The van der Waals surface area contributed by atoms with Gasteiger partial charge in [0, 0.05) is 12.8 Å². The van der Waals surface area contributed by atoms with Crippen molar-refractivity contribution < 1.29 is 52.9 Å². The van der Waals surface area contributed by atoms with Crippen LogP contribution in [-0.4, -0.2) is 44.9 Å². The summed E-state index contributed by atoms with van der Waals surface area (Å²) in [6.07, 6.45) is 11.2. The first-order chi connectivity index (χ1) is 23.4. The van der Waals surface area contributed by atoms with Crippen LogP contribution in [0.25, 0.3) is 0 Å². The Bertz CT molecular complexity index is 1100. The summed E-state index contributed by atoms with van der Waals surface area (Å²) in [7, 11) is 2.88. The lowest BCUT2D eigenvalue weighted by Crippen LogP contribution is -2.28. The Kier molecular flexibility index (Phi) is 21.2. The second-order valence-corrected chi connectivity index (χ2v) is 11.5. The van der Waals surface area contributed by atoms with Crippen molar-refractivity contribution in [1.82, 2.24) is 0 Å². The largest absolute Gasteiger partial charge is 0.513 e. The van der Waals surface area contributed by atoms with Gasteiger partial charge in [-0.05, 0) is 37.1 Å². The van der Waals surface area contributed by atoms with Crippen molar-refractivity contribution in [3.05, 3.63) is 59.7 Å². The van der Waals surface area contributed by atoms with Gasteiger partial charge in [0.15, 0.2) is 0 Å². The number of carbonyl (C=O) groups is 3. The molecule has 2 rings (SSSR count). The highest BCUT2D eigenvalue weighted by molar-refractivity contribution is 5.92. The van der Waals surface area contributed by atoms with E-state index in [0.29, 0.717) is 24.3 Å². The van der Waals surface area contributed by atoms with E-state index in [1.165, 1.54) is 39.2 Å². The fourth-order valence-corrected chi connectivity index (χ4v) is 4.94. The summed E-state index contributed by atoms with van der Waals surface area (Å²) >= 11 is 0. The van der Waals surface area contributed by atoms with E-state index in [1.54, 1.807) is 36.4 Å². The van der Waals surface area contributed by atoms with Crippen LogP contribution in [0.3, 0.4) is 0 Å². The third kappa shape index (κ3) is 16.3. The van der Waals surface area contributed by atoms with E-state index in [-0.39, 0.29) is 24.0 Å². The molecule has 2 aromatic carbocycles. The molecule has 0 spiro atoms. The van der Waals surface area contributed by atoms with E-state index in [2.05, 4.69) is 13.8 Å². The second kappa shape index (κ2) is 25.2. The van der Waals surface area contributed by atoms with Crippen LogP contribution < -0.4 is 9.47 Å². The quantitative estimate of drug-likeness (QED) is 0.0311. The van der Waals surface area contributed by atoms with Crippen molar-refractivity contribution in [3.8, 4) is 11.5 Å². The number of ether oxygens (including phenoxy) is 4. The number of hydrogen-bond acceptors (Lipinski definition) is 11. The Labute approximate surface area is 285 Å². The molecular formula is C37H54O11. The second-order valence-electron chi connectivity index (χ2n) is 11.5. The highest BCUT2D eigenvalue weighted by Gasteiger charge is 2.26. The lowest BCUT2D eigenvalue weighted by molar-refractivity contribution is -0.348. The zero-order valence-corrected chi connectivity index (χ0v) is 29.1. The molecule has 268 valence electrons. The summed E-state index contributed by atoms with van der Waals surface area (Å²) in [4.78, 5) is 59.2. The van der Waals surface area contributed by atoms with Gasteiger partial charge in [-0.15, -0.1) is 9.78 Å². The summed E-state index contributed by atoms with van der Waals surface area (Å²) in [6.45, 7) is 4.33. The van der Waals surface area contributed by atoms with Gasteiger partial charge in [-0.3, -0.25) is 9.78 Å². The third-order valence-electron chi connectivity index (χ3n) is 7.66. The molecule has 0 N–H and O–H groups in total. The van der Waals surface area contributed by atoms with Gasteiger partial charge in [0.25, 0.3) is 0 Å². The summed E-state index contributed by atoms with van der Waals surface area (Å²) in [5.74, 6) is -0.999. The first-order valence-corrected chi connectivity index (χ1v) is 17.3. The molecular weight excluding hydrogens is 620 g/mol. The molecule has 0 aliphatic carbocycles. The molecule has 2 aromatic rings. The number of hydrogen-bond donors (Lipinski definition) is 0. The molecule has 0 aromatic heterocycles. The van der Waals surface area contributed by atoms with Crippen molar-refractivity contribution >= 4 is 18.1 Å². The van der Waals surface area contributed by atoms with Gasteiger partial charge >= 0.3 is 18.1 Å². The van der Waals surface area contributed by atoms with Gasteiger partial charge in [-0.2, -0.15) is 0 Å². The van der Waals surface area contributed by atoms with Crippen LogP contribution in [0.15, 0.2) is 48.5 Å². The van der Waals surface area contributed by atoms with Crippen LogP contribution in [0.5, 0.6) is 11.5 Å². The van der Waals surface area contributed by atoms with Crippen molar-refractivity contribution in [1.29, 1.82) is 0 Å². The molecule has 48 heavy (non-hydrogen) atoms. The molecule has 0 saturated carbocycles. The number of rotatable bonds is 26. The molecule has 11 heteroatoms. The lowest BCUT2D eigenvalue weighted by Gasteiger charge is -2.20. The highest BCUT2D eigenvalue weighted by atomic mass is 17.2.